The Morgan fingerprint density at radius 2 is 2.06 bits per heavy atom. The highest BCUT2D eigenvalue weighted by Crippen LogP contribution is 2.21. The molecule has 84 valence electrons. The Bertz CT molecular complexity index is 513. The molecule has 2 rings (SSSR count). The molecular formula is C12H14N2O2. The lowest BCUT2D eigenvalue weighted by Gasteiger charge is -2.06. The van der Waals surface area contributed by atoms with Gasteiger partial charge in [0.1, 0.15) is 0 Å². The minimum atomic E-state index is -0.202. The molecule has 4 heteroatoms. The zero-order valence-corrected chi connectivity index (χ0v) is 8.86. The van der Waals surface area contributed by atoms with Gasteiger partial charge < -0.3 is 15.1 Å². The number of H-pyrrole nitrogens is 2. The van der Waals surface area contributed by atoms with Crippen molar-refractivity contribution in [1.82, 2.24) is 9.97 Å². The number of hydrogen-bond acceptors (Lipinski definition) is 2. The number of rotatable bonds is 4. The summed E-state index contributed by atoms with van der Waals surface area (Å²) in [7, 11) is 0. The lowest BCUT2D eigenvalue weighted by atomic mass is 10.0. The molecular weight excluding hydrogens is 204 g/mol. The van der Waals surface area contributed by atoms with Crippen LogP contribution in [0.25, 0.3) is 11.3 Å². The van der Waals surface area contributed by atoms with E-state index >= 15 is 0 Å². The van der Waals surface area contributed by atoms with Gasteiger partial charge in [0.15, 0.2) is 0 Å². The molecule has 0 saturated heterocycles. The third-order valence-corrected chi connectivity index (χ3v) is 2.51. The molecule has 2 aromatic rings. The number of benzene rings is 1. The quantitative estimate of drug-likeness (QED) is 0.723. The van der Waals surface area contributed by atoms with Gasteiger partial charge in [0.05, 0.1) is 5.69 Å². The fourth-order valence-corrected chi connectivity index (χ4v) is 1.75. The van der Waals surface area contributed by atoms with E-state index in [2.05, 4.69) is 9.97 Å². The van der Waals surface area contributed by atoms with Crippen molar-refractivity contribution in [2.24, 2.45) is 0 Å². The summed E-state index contributed by atoms with van der Waals surface area (Å²) in [5, 5.41) is 8.83. The van der Waals surface area contributed by atoms with Crippen LogP contribution in [0.1, 0.15) is 12.0 Å². The van der Waals surface area contributed by atoms with Crippen molar-refractivity contribution in [3.63, 3.8) is 0 Å². The minimum Gasteiger partial charge on any atom is -0.396 e. The summed E-state index contributed by atoms with van der Waals surface area (Å²) in [4.78, 5) is 16.4. The highest BCUT2D eigenvalue weighted by molar-refractivity contribution is 5.62. The van der Waals surface area contributed by atoms with Crippen LogP contribution in [0.5, 0.6) is 0 Å². The number of imidazole rings is 1. The molecule has 0 aliphatic carbocycles. The molecule has 0 amide bonds. The summed E-state index contributed by atoms with van der Waals surface area (Å²) in [5.74, 6) is 0. The fourth-order valence-electron chi connectivity index (χ4n) is 1.75. The van der Waals surface area contributed by atoms with Gasteiger partial charge in [0.25, 0.3) is 0 Å². The van der Waals surface area contributed by atoms with Gasteiger partial charge in [-0.1, -0.05) is 24.3 Å². The van der Waals surface area contributed by atoms with Gasteiger partial charge in [-0.3, -0.25) is 0 Å². The highest BCUT2D eigenvalue weighted by atomic mass is 16.2. The molecule has 1 heterocycles. The largest absolute Gasteiger partial charge is 0.396 e. The summed E-state index contributed by atoms with van der Waals surface area (Å²) in [6.45, 7) is 0.179. The van der Waals surface area contributed by atoms with Crippen LogP contribution in [-0.4, -0.2) is 21.7 Å². The average Bonchev–Trinajstić information content (AvgIpc) is 2.73. The zero-order valence-electron chi connectivity index (χ0n) is 8.86. The second kappa shape index (κ2) is 4.81. The molecule has 0 saturated carbocycles. The van der Waals surface area contributed by atoms with Gasteiger partial charge >= 0.3 is 5.69 Å². The first-order valence-electron chi connectivity index (χ1n) is 5.28. The summed E-state index contributed by atoms with van der Waals surface area (Å²) >= 11 is 0. The number of aryl methyl sites for hydroxylation is 1. The fraction of sp³-hybridized carbons (Fsp3) is 0.250. The lowest BCUT2D eigenvalue weighted by Crippen LogP contribution is -2.00. The number of aromatic amines is 2. The minimum absolute atomic E-state index is 0.179. The van der Waals surface area contributed by atoms with Crippen LogP contribution in [0.4, 0.5) is 0 Å². The smallest absolute Gasteiger partial charge is 0.323 e. The summed E-state index contributed by atoms with van der Waals surface area (Å²) in [6, 6.07) is 7.87. The van der Waals surface area contributed by atoms with Gasteiger partial charge in [-0.25, -0.2) is 4.79 Å². The molecule has 0 spiro atoms. The number of nitrogens with one attached hydrogen (secondary N) is 2. The van der Waals surface area contributed by atoms with Crippen molar-refractivity contribution in [3.8, 4) is 11.3 Å². The van der Waals surface area contributed by atoms with Gasteiger partial charge in [-0.2, -0.15) is 0 Å². The molecule has 1 aromatic heterocycles. The number of aliphatic hydroxyl groups excluding tert-OH is 1. The first-order chi connectivity index (χ1) is 7.81. The van der Waals surface area contributed by atoms with Crippen LogP contribution < -0.4 is 5.69 Å². The second-order valence-electron chi connectivity index (χ2n) is 3.64. The van der Waals surface area contributed by atoms with Crippen molar-refractivity contribution in [1.29, 1.82) is 0 Å². The van der Waals surface area contributed by atoms with E-state index in [-0.39, 0.29) is 12.3 Å². The molecule has 0 atom stereocenters. The van der Waals surface area contributed by atoms with Crippen LogP contribution in [0.3, 0.4) is 0 Å². The highest BCUT2D eigenvalue weighted by Gasteiger charge is 2.05. The lowest BCUT2D eigenvalue weighted by molar-refractivity contribution is 0.288. The van der Waals surface area contributed by atoms with Crippen LogP contribution >= 0.6 is 0 Å². The van der Waals surface area contributed by atoms with Crippen LogP contribution in [0.15, 0.2) is 35.3 Å². The molecule has 0 fully saturated rings. The molecule has 0 radical (unpaired) electrons. The molecule has 4 nitrogen and oxygen atoms in total. The summed E-state index contributed by atoms with van der Waals surface area (Å²) in [6.07, 6.45) is 3.20. The van der Waals surface area contributed by atoms with Crippen molar-refractivity contribution in [2.75, 3.05) is 6.61 Å². The van der Waals surface area contributed by atoms with Gasteiger partial charge in [-0.05, 0) is 18.4 Å². The third-order valence-electron chi connectivity index (χ3n) is 2.51. The van der Waals surface area contributed by atoms with Gasteiger partial charge in [0.2, 0.25) is 0 Å². The summed E-state index contributed by atoms with van der Waals surface area (Å²) < 4.78 is 0. The Morgan fingerprint density at radius 3 is 2.75 bits per heavy atom. The average molecular weight is 218 g/mol. The Labute approximate surface area is 93.0 Å². The van der Waals surface area contributed by atoms with Crippen LogP contribution in [-0.2, 0) is 6.42 Å². The van der Waals surface area contributed by atoms with Crippen molar-refractivity contribution < 1.29 is 5.11 Å². The van der Waals surface area contributed by atoms with Crippen molar-refractivity contribution in [2.45, 2.75) is 12.8 Å². The maximum absolute atomic E-state index is 11.0. The Balaban J connectivity index is 2.36. The Kier molecular flexibility index (Phi) is 3.22. The SMILES string of the molecule is O=c1[nH]cc(-c2ccccc2CCCO)[nH]1. The van der Waals surface area contributed by atoms with E-state index in [1.54, 1.807) is 6.20 Å². The predicted molar refractivity (Wildman–Crippen MR) is 62.3 cm³/mol. The number of hydrogen-bond donors (Lipinski definition) is 3. The van der Waals surface area contributed by atoms with E-state index in [0.29, 0.717) is 0 Å². The topological polar surface area (TPSA) is 68.9 Å². The van der Waals surface area contributed by atoms with E-state index in [4.69, 9.17) is 5.11 Å². The van der Waals surface area contributed by atoms with E-state index in [1.807, 2.05) is 24.3 Å². The monoisotopic (exact) mass is 218 g/mol. The second-order valence-corrected chi connectivity index (χ2v) is 3.64. The predicted octanol–water partition coefficient (Wildman–Crippen LogP) is 1.29. The number of aliphatic hydroxyl groups is 1. The molecule has 0 aliphatic rings. The summed E-state index contributed by atoms with van der Waals surface area (Å²) in [5.41, 5.74) is 2.73. The first kappa shape index (κ1) is 10.7. The van der Waals surface area contributed by atoms with Gasteiger partial charge in [-0.15, -0.1) is 0 Å². The third kappa shape index (κ3) is 2.23. The van der Waals surface area contributed by atoms with Crippen LogP contribution in [0.2, 0.25) is 0 Å². The molecule has 1 aromatic carbocycles. The molecule has 3 N–H and O–H groups in total. The van der Waals surface area contributed by atoms with Crippen LogP contribution in [0, 0.1) is 0 Å². The Hall–Kier alpha value is -1.81. The van der Waals surface area contributed by atoms with Crippen molar-refractivity contribution in [3.05, 3.63) is 46.5 Å². The Morgan fingerprint density at radius 1 is 1.25 bits per heavy atom. The maximum atomic E-state index is 11.0. The zero-order chi connectivity index (χ0) is 11.4. The first-order valence-corrected chi connectivity index (χ1v) is 5.28. The van der Waals surface area contributed by atoms with Crippen molar-refractivity contribution >= 4 is 0 Å². The number of aromatic nitrogens is 2. The molecule has 0 unspecified atom stereocenters. The maximum Gasteiger partial charge on any atom is 0.323 e. The van der Waals surface area contributed by atoms with E-state index in [9.17, 15) is 4.79 Å². The van der Waals surface area contributed by atoms with E-state index in [0.717, 1.165) is 29.7 Å². The van der Waals surface area contributed by atoms with E-state index in [1.165, 1.54) is 0 Å². The molecule has 0 aliphatic heterocycles. The standard InChI is InChI=1S/C12H14N2O2/c15-7-3-5-9-4-1-2-6-10(9)11-8-13-12(16)14-11/h1-2,4,6,8,15H,3,5,7H2,(H2,13,14,16). The molecule has 16 heavy (non-hydrogen) atoms. The normalized spacial score (nSPS) is 10.6. The molecule has 0 bridgehead atoms. The van der Waals surface area contributed by atoms with Gasteiger partial charge in [0, 0.05) is 18.4 Å². The van der Waals surface area contributed by atoms with E-state index < -0.39 is 0 Å².